The van der Waals surface area contributed by atoms with Crippen LogP contribution < -0.4 is 11.1 Å². The molecular weight excluding hydrogens is 259 g/mol. The Labute approximate surface area is 119 Å². The van der Waals surface area contributed by atoms with Gasteiger partial charge < -0.3 is 15.8 Å². The Balaban J connectivity index is 2.48. The van der Waals surface area contributed by atoms with Gasteiger partial charge in [-0.15, -0.1) is 0 Å². The number of hydrogen-bond donors (Lipinski definition) is 2. The van der Waals surface area contributed by atoms with E-state index in [1.807, 2.05) is 0 Å². The summed E-state index contributed by atoms with van der Waals surface area (Å²) in [5.41, 5.74) is 5.74. The molecule has 0 heterocycles. The smallest absolute Gasteiger partial charge is 0.407 e. The van der Waals surface area contributed by atoms with Crippen molar-refractivity contribution in [2.24, 2.45) is 11.7 Å². The van der Waals surface area contributed by atoms with Gasteiger partial charge in [0.05, 0.1) is 0 Å². The lowest BCUT2D eigenvalue weighted by Gasteiger charge is -2.21. The van der Waals surface area contributed by atoms with Crippen molar-refractivity contribution in [1.82, 2.24) is 5.32 Å². The molecule has 0 fully saturated rings. The van der Waals surface area contributed by atoms with Crippen LogP contribution in [0.25, 0.3) is 0 Å². The summed E-state index contributed by atoms with van der Waals surface area (Å²) in [5, 5.41) is 2.67. The third-order valence-electron chi connectivity index (χ3n) is 2.73. The summed E-state index contributed by atoms with van der Waals surface area (Å²) in [5.74, 6) is -0.275. The molecule has 0 aromatic heterocycles. The number of amides is 1. The van der Waals surface area contributed by atoms with Crippen LogP contribution in [0.2, 0.25) is 0 Å². The molecule has 1 rings (SSSR count). The second kappa shape index (κ2) is 7.24. The number of carbonyl (C=O) groups excluding carboxylic acids is 1. The predicted octanol–water partition coefficient (Wildman–Crippen LogP) is 2.47. The second-order valence-corrected chi connectivity index (χ2v) is 5.78. The Morgan fingerprint density at radius 3 is 2.60 bits per heavy atom. The van der Waals surface area contributed by atoms with Crippen molar-refractivity contribution in [3.05, 3.63) is 35.6 Å². The molecule has 20 heavy (non-hydrogen) atoms. The van der Waals surface area contributed by atoms with E-state index in [-0.39, 0.29) is 11.7 Å². The minimum absolute atomic E-state index is 0.0283. The summed E-state index contributed by atoms with van der Waals surface area (Å²) < 4.78 is 18.7. The number of halogens is 1. The zero-order valence-electron chi connectivity index (χ0n) is 12.3. The fourth-order valence-electron chi connectivity index (χ4n) is 1.76. The van der Waals surface area contributed by atoms with Gasteiger partial charge in [-0.25, -0.2) is 9.18 Å². The highest BCUT2D eigenvalue weighted by atomic mass is 19.1. The highest BCUT2D eigenvalue weighted by Crippen LogP contribution is 2.12. The molecule has 1 amide bonds. The highest BCUT2D eigenvalue weighted by Gasteiger charge is 2.17. The summed E-state index contributed by atoms with van der Waals surface area (Å²) in [6.45, 7) is 6.12. The van der Waals surface area contributed by atoms with Crippen molar-refractivity contribution in [3.63, 3.8) is 0 Å². The predicted molar refractivity (Wildman–Crippen MR) is 76.9 cm³/mol. The average molecular weight is 282 g/mol. The molecule has 1 aromatic rings. The van der Waals surface area contributed by atoms with Crippen LogP contribution in [-0.4, -0.2) is 24.8 Å². The first kappa shape index (κ1) is 16.4. The van der Waals surface area contributed by atoms with Crippen LogP contribution in [0.4, 0.5) is 9.18 Å². The van der Waals surface area contributed by atoms with Crippen LogP contribution in [0.1, 0.15) is 26.3 Å². The molecule has 0 aliphatic rings. The minimum atomic E-state index is -0.534. The monoisotopic (exact) mass is 282 g/mol. The lowest BCUT2D eigenvalue weighted by atomic mass is 9.99. The molecule has 0 spiro atoms. The molecule has 112 valence electrons. The Morgan fingerprint density at radius 2 is 2.05 bits per heavy atom. The number of rotatable bonds is 5. The largest absolute Gasteiger partial charge is 0.444 e. The lowest BCUT2D eigenvalue weighted by Crippen LogP contribution is -2.37. The zero-order valence-corrected chi connectivity index (χ0v) is 12.3. The Morgan fingerprint density at radius 1 is 1.40 bits per heavy atom. The van der Waals surface area contributed by atoms with Gasteiger partial charge in [0, 0.05) is 6.54 Å². The van der Waals surface area contributed by atoms with Gasteiger partial charge in [0.2, 0.25) is 0 Å². The molecule has 1 unspecified atom stereocenters. The number of hydrogen-bond acceptors (Lipinski definition) is 3. The topological polar surface area (TPSA) is 64.3 Å². The van der Waals surface area contributed by atoms with E-state index in [1.165, 1.54) is 6.07 Å². The van der Waals surface area contributed by atoms with E-state index in [9.17, 15) is 9.18 Å². The molecule has 0 saturated carbocycles. The van der Waals surface area contributed by atoms with Gasteiger partial charge in [0.1, 0.15) is 11.4 Å². The standard InChI is InChI=1S/C15H23FN2O2/c1-15(2,3)20-14(19)18-10-11(9-17)8-12-6-4-5-7-13(12)16/h4-7,11H,8-10,17H2,1-3H3,(H,18,19). The molecule has 0 aliphatic carbocycles. The summed E-state index contributed by atoms with van der Waals surface area (Å²) >= 11 is 0. The summed E-state index contributed by atoms with van der Waals surface area (Å²) in [6, 6.07) is 6.58. The summed E-state index contributed by atoms with van der Waals surface area (Å²) in [6.07, 6.45) is 0.00313. The van der Waals surface area contributed by atoms with E-state index in [0.29, 0.717) is 25.1 Å². The molecule has 3 N–H and O–H groups in total. The molecule has 0 aliphatic heterocycles. The number of alkyl carbamates (subject to hydrolysis) is 1. The van der Waals surface area contributed by atoms with Crippen LogP contribution in [0.15, 0.2) is 24.3 Å². The fourth-order valence-corrected chi connectivity index (χ4v) is 1.76. The van der Waals surface area contributed by atoms with Crippen LogP contribution in [0.3, 0.4) is 0 Å². The lowest BCUT2D eigenvalue weighted by molar-refractivity contribution is 0.0520. The maximum absolute atomic E-state index is 13.6. The molecule has 4 nitrogen and oxygen atoms in total. The Kier molecular flexibility index (Phi) is 5.95. The number of benzene rings is 1. The highest BCUT2D eigenvalue weighted by molar-refractivity contribution is 5.67. The molecule has 0 radical (unpaired) electrons. The zero-order chi connectivity index (χ0) is 15.2. The van der Waals surface area contributed by atoms with Crippen molar-refractivity contribution in [2.75, 3.05) is 13.1 Å². The van der Waals surface area contributed by atoms with Gasteiger partial charge in [-0.2, -0.15) is 0 Å². The number of carbonyl (C=O) groups is 1. The van der Waals surface area contributed by atoms with Crippen molar-refractivity contribution in [3.8, 4) is 0 Å². The van der Waals surface area contributed by atoms with Gasteiger partial charge in [-0.05, 0) is 51.3 Å². The molecule has 5 heteroatoms. The Hall–Kier alpha value is -1.62. The number of ether oxygens (including phenoxy) is 1. The van der Waals surface area contributed by atoms with Crippen molar-refractivity contribution >= 4 is 6.09 Å². The first-order valence-electron chi connectivity index (χ1n) is 6.72. The summed E-state index contributed by atoms with van der Waals surface area (Å²) in [7, 11) is 0. The van der Waals surface area contributed by atoms with Gasteiger partial charge in [-0.1, -0.05) is 18.2 Å². The quantitative estimate of drug-likeness (QED) is 0.872. The van der Waals surface area contributed by atoms with Crippen LogP contribution in [0, 0.1) is 11.7 Å². The average Bonchev–Trinajstić information content (AvgIpc) is 2.34. The van der Waals surface area contributed by atoms with E-state index in [4.69, 9.17) is 10.5 Å². The normalized spacial score (nSPS) is 12.8. The van der Waals surface area contributed by atoms with E-state index < -0.39 is 11.7 Å². The van der Waals surface area contributed by atoms with Gasteiger partial charge in [-0.3, -0.25) is 0 Å². The van der Waals surface area contributed by atoms with Crippen molar-refractivity contribution in [1.29, 1.82) is 0 Å². The van der Waals surface area contributed by atoms with E-state index in [0.717, 1.165) is 0 Å². The van der Waals surface area contributed by atoms with Crippen molar-refractivity contribution in [2.45, 2.75) is 32.8 Å². The maximum Gasteiger partial charge on any atom is 0.407 e. The van der Waals surface area contributed by atoms with Crippen LogP contribution in [-0.2, 0) is 11.2 Å². The van der Waals surface area contributed by atoms with Crippen LogP contribution >= 0.6 is 0 Å². The third kappa shape index (κ3) is 6.02. The minimum Gasteiger partial charge on any atom is -0.444 e. The molecule has 0 bridgehead atoms. The third-order valence-corrected chi connectivity index (χ3v) is 2.73. The van der Waals surface area contributed by atoms with Gasteiger partial charge in [0.15, 0.2) is 0 Å². The second-order valence-electron chi connectivity index (χ2n) is 5.78. The van der Waals surface area contributed by atoms with Crippen molar-refractivity contribution < 1.29 is 13.9 Å². The fraction of sp³-hybridized carbons (Fsp3) is 0.533. The molecule has 1 atom stereocenters. The maximum atomic E-state index is 13.6. The number of nitrogens with one attached hydrogen (secondary N) is 1. The summed E-state index contributed by atoms with van der Waals surface area (Å²) in [4.78, 5) is 11.6. The van der Waals surface area contributed by atoms with E-state index >= 15 is 0 Å². The van der Waals surface area contributed by atoms with E-state index in [1.54, 1.807) is 39.0 Å². The van der Waals surface area contributed by atoms with Crippen LogP contribution in [0.5, 0.6) is 0 Å². The molecule has 0 saturated heterocycles. The molecule has 1 aromatic carbocycles. The Bertz CT molecular complexity index is 444. The SMILES string of the molecule is CC(C)(C)OC(=O)NCC(CN)Cc1ccccc1F. The number of nitrogens with two attached hydrogens (primary N) is 1. The van der Waals surface area contributed by atoms with Gasteiger partial charge >= 0.3 is 6.09 Å². The van der Waals surface area contributed by atoms with Gasteiger partial charge in [0.25, 0.3) is 0 Å². The molecular formula is C15H23FN2O2. The van der Waals surface area contributed by atoms with E-state index in [2.05, 4.69) is 5.32 Å². The first-order chi connectivity index (χ1) is 9.31. The first-order valence-corrected chi connectivity index (χ1v) is 6.72.